The van der Waals surface area contributed by atoms with Crippen molar-refractivity contribution in [2.24, 2.45) is 7.05 Å². The minimum atomic E-state index is -0.730. The van der Waals surface area contributed by atoms with Gasteiger partial charge in [0, 0.05) is 26.7 Å². The summed E-state index contributed by atoms with van der Waals surface area (Å²) >= 11 is 0. The van der Waals surface area contributed by atoms with Crippen molar-refractivity contribution in [1.29, 1.82) is 0 Å². The number of aliphatic hydroxyl groups excluding tert-OH is 1. The van der Waals surface area contributed by atoms with Crippen LogP contribution in [0.3, 0.4) is 0 Å². The highest BCUT2D eigenvalue weighted by Gasteiger charge is 2.19. The van der Waals surface area contributed by atoms with Crippen molar-refractivity contribution in [3.8, 4) is 0 Å². The molecule has 0 aliphatic rings. The van der Waals surface area contributed by atoms with Crippen LogP contribution in [0.4, 0.5) is 5.69 Å². The molecule has 0 saturated heterocycles. The van der Waals surface area contributed by atoms with E-state index in [4.69, 9.17) is 0 Å². The molecule has 2 aromatic heterocycles. The summed E-state index contributed by atoms with van der Waals surface area (Å²) in [7, 11) is 3.75. The smallest absolute Gasteiger partial charge is 0.169 e. The van der Waals surface area contributed by atoms with Crippen LogP contribution in [0.1, 0.15) is 24.7 Å². The molecule has 2 rings (SSSR count). The van der Waals surface area contributed by atoms with Gasteiger partial charge in [-0.25, -0.2) is 4.98 Å². The number of hydrogen-bond donors (Lipinski definition) is 1. The zero-order valence-electron chi connectivity index (χ0n) is 10.9. The van der Waals surface area contributed by atoms with E-state index in [1.165, 1.54) is 0 Å². The van der Waals surface area contributed by atoms with Crippen LogP contribution < -0.4 is 4.90 Å². The maximum Gasteiger partial charge on any atom is 0.169 e. The Morgan fingerprint density at radius 2 is 2.22 bits per heavy atom. The van der Waals surface area contributed by atoms with E-state index in [0.717, 1.165) is 23.6 Å². The van der Waals surface area contributed by atoms with Gasteiger partial charge in [0.1, 0.15) is 5.82 Å². The highest BCUT2D eigenvalue weighted by atomic mass is 16.3. The van der Waals surface area contributed by atoms with Crippen LogP contribution in [-0.2, 0) is 13.5 Å². The summed E-state index contributed by atoms with van der Waals surface area (Å²) in [5.41, 5.74) is 1.64. The van der Waals surface area contributed by atoms with Crippen molar-refractivity contribution in [3.05, 3.63) is 42.2 Å². The van der Waals surface area contributed by atoms with Crippen LogP contribution >= 0.6 is 0 Å². The number of rotatable bonds is 4. The zero-order chi connectivity index (χ0) is 13.1. The van der Waals surface area contributed by atoms with Gasteiger partial charge in [0.25, 0.3) is 0 Å². The van der Waals surface area contributed by atoms with Gasteiger partial charge in [-0.05, 0) is 12.1 Å². The molecule has 0 bridgehead atoms. The van der Waals surface area contributed by atoms with E-state index in [1.54, 1.807) is 23.5 Å². The molecule has 18 heavy (non-hydrogen) atoms. The van der Waals surface area contributed by atoms with Crippen LogP contribution in [-0.4, -0.2) is 26.7 Å². The summed E-state index contributed by atoms with van der Waals surface area (Å²) in [6.07, 6.45) is 5.27. The van der Waals surface area contributed by atoms with Gasteiger partial charge < -0.3 is 14.6 Å². The molecule has 0 aromatic carbocycles. The molecule has 0 amide bonds. The molecule has 5 heteroatoms. The van der Waals surface area contributed by atoms with Crippen LogP contribution in [0, 0.1) is 0 Å². The Hall–Kier alpha value is -1.88. The number of anilines is 1. The molecular weight excluding hydrogens is 228 g/mol. The first kappa shape index (κ1) is 12.6. The number of hydrogen-bond acceptors (Lipinski definition) is 4. The molecule has 2 heterocycles. The lowest BCUT2D eigenvalue weighted by molar-refractivity contribution is 0.169. The monoisotopic (exact) mass is 246 g/mol. The average molecular weight is 246 g/mol. The Morgan fingerprint density at radius 1 is 1.44 bits per heavy atom. The van der Waals surface area contributed by atoms with E-state index < -0.39 is 6.23 Å². The Kier molecular flexibility index (Phi) is 3.62. The first-order valence-corrected chi connectivity index (χ1v) is 5.96. The summed E-state index contributed by atoms with van der Waals surface area (Å²) in [6, 6.07) is 3.76. The standard InChI is InChI=1S/C13H18N4O/c1-4-12-15-9-11(17(12)3)13(18)16(2)10-6-5-7-14-8-10/h5-9,13,18H,4H2,1-3H3. The molecule has 5 nitrogen and oxygen atoms in total. The van der Waals surface area contributed by atoms with Gasteiger partial charge in [-0.2, -0.15) is 0 Å². The second-order valence-corrected chi connectivity index (χ2v) is 4.21. The molecular formula is C13H18N4O. The van der Waals surface area contributed by atoms with E-state index in [-0.39, 0.29) is 0 Å². The zero-order valence-corrected chi connectivity index (χ0v) is 10.9. The van der Waals surface area contributed by atoms with E-state index in [0.29, 0.717) is 0 Å². The summed E-state index contributed by atoms with van der Waals surface area (Å²) < 4.78 is 1.93. The highest BCUT2D eigenvalue weighted by Crippen LogP contribution is 2.22. The molecule has 1 atom stereocenters. The topological polar surface area (TPSA) is 54.2 Å². The van der Waals surface area contributed by atoms with Gasteiger partial charge in [0.05, 0.1) is 23.8 Å². The van der Waals surface area contributed by atoms with Crippen molar-refractivity contribution >= 4 is 5.69 Å². The van der Waals surface area contributed by atoms with E-state index in [1.807, 2.05) is 37.7 Å². The third kappa shape index (κ3) is 2.22. The largest absolute Gasteiger partial charge is 0.368 e. The third-order valence-electron chi connectivity index (χ3n) is 3.12. The number of nitrogens with zero attached hydrogens (tertiary/aromatic N) is 4. The summed E-state index contributed by atoms with van der Waals surface area (Å²) in [6.45, 7) is 2.04. The number of aliphatic hydroxyl groups is 1. The van der Waals surface area contributed by atoms with Crippen molar-refractivity contribution in [2.45, 2.75) is 19.6 Å². The van der Waals surface area contributed by atoms with E-state index >= 15 is 0 Å². The fourth-order valence-corrected chi connectivity index (χ4v) is 1.93. The van der Waals surface area contributed by atoms with Crippen LogP contribution in [0.15, 0.2) is 30.7 Å². The highest BCUT2D eigenvalue weighted by molar-refractivity contribution is 5.44. The lowest BCUT2D eigenvalue weighted by atomic mass is 10.3. The second kappa shape index (κ2) is 5.18. The minimum absolute atomic E-state index is 0.730. The molecule has 96 valence electrons. The average Bonchev–Trinajstić information content (AvgIpc) is 2.79. The Bertz CT molecular complexity index is 509. The molecule has 0 fully saturated rings. The maximum absolute atomic E-state index is 10.4. The molecule has 0 aliphatic carbocycles. The lowest BCUT2D eigenvalue weighted by Crippen LogP contribution is -2.25. The predicted molar refractivity (Wildman–Crippen MR) is 70.2 cm³/mol. The summed E-state index contributed by atoms with van der Waals surface area (Å²) in [4.78, 5) is 10.1. The van der Waals surface area contributed by atoms with Gasteiger partial charge in [0.2, 0.25) is 0 Å². The fraction of sp³-hybridized carbons (Fsp3) is 0.385. The maximum atomic E-state index is 10.4. The van der Waals surface area contributed by atoms with Gasteiger partial charge in [-0.3, -0.25) is 4.98 Å². The quantitative estimate of drug-likeness (QED) is 0.831. The third-order valence-corrected chi connectivity index (χ3v) is 3.12. The Balaban J connectivity index is 2.25. The Labute approximate surface area is 107 Å². The van der Waals surface area contributed by atoms with Gasteiger partial charge in [-0.15, -0.1) is 0 Å². The van der Waals surface area contributed by atoms with Gasteiger partial charge in [-0.1, -0.05) is 6.92 Å². The van der Waals surface area contributed by atoms with Crippen molar-refractivity contribution in [1.82, 2.24) is 14.5 Å². The normalized spacial score (nSPS) is 12.4. The number of aromatic nitrogens is 3. The second-order valence-electron chi connectivity index (χ2n) is 4.21. The molecule has 0 radical (unpaired) electrons. The molecule has 1 N–H and O–H groups in total. The molecule has 0 saturated carbocycles. The summed E-state index contributed by atoms with van der Waals surface area (Å²) in [5, 5.41) is 10.4. The van der Waals surface area contributed by atoms with E-state index in [2.05, 4.69) is 9.97 Å². The lowest BCUT2D eigenvalue weighted by Gasteiger charge is -2.25. The first-order chi connectivity index (χ1) is 8.65. The van der Waals surface area contributed by atoms with Crippen LogP contribution in [0.2, 0.25) is 0 Å². The number of pyridine rings is 1. The SMILES string of the molecule is CCc1ncc(C(O)N(C)c2cccnc2)n1C. The first-order valence-electron chi connectivity index (χ1n) is 5.96. The molecule has 1 unspecified atom stereocenters. The Morgan fingerprint density at radius 3 is 2.78 bits per heavy atom. The number of aryl methyl sites for hydroxylation is 1. The molecule has 2 aromatic rings. The minimum Gasteiger partial charge on any atom is -0.368 e. The predicted octanol–water partition coefficient (Wildman–Crippen LogP) is 1.50. The van der Waals surface area contributed by atoms with Gasteiger partial charge >= 0.3 is 0 Å². The summed E-state index contributed by atoms with van der Waals surface area (Å²) in [5.74, 6) is 0.962. The molecule has 0 aliphatic heterocycles. The van der Waals surface area contributed by atoms with Crippen molar-refractivity contribution < 1.29 is 5.11 Å². The van der Waals surface area contributed by atoms with E-state index in [9.17, 15) is 5.11 Å². The molecule has 0 spiro atoms. The van der Waals surface area contributed by atoms with Crippen molar-refractivity contribution in [2.75, 3.05) is 11.9 Å². The van der Waals surface area contributed by atoms with Crippen LogP contribution in [0.5, 0.6) is 0 Å². The van der Waals surface area contributed by atoms with Crippen LogP contribution in [0.25, 0.3) is 0 Å². The van der Waals surface area contributed by atoms with Gasteiger partial charge in [0.15, 0.2) is 6.23 Å². The van der Waals surface area contributed by atoms with Crippen molar-refractivity contribution in [3.63, 3.8) is 0 Å². The fourth-order valence-electron chi connectivity index (χ4n) is 1.93. The number of imidazole rings is 1.